The van der Waals surface area contributed by atoms with Crippen molar-refractivity contribution in [3.05, 3.63) is 54.1 Å². The molecule has 0 atom stereocenters. The fourth-order valence-corrected chi connectivity index (χ4v) is 5.67. The molecule has 0 saturated heterocycles. The van der Waals surface area contributed by atoms with Crippen LogP contribution in [0.4, 0.5) is 11.4 Å². The summed E-state index contributed by atoms with van der Waals surface area (Å²) in [5, 5.41) is 1.02. The molecule has 2 aliphatic rings. The number of nitrogens with zero attached hydrogens (tertiary/aromatic N) is 3. The molecule has 1 spiro atoms. The van der Waals surface area contributed by atoms with E-state index in [2.05, 4.69) is 75.2 Å². The van der Waals surface area contributed by atoms with E-state index in [1.807, 2.05) is 12.1 Å². The Kier molecular flexibility index (Phi) is 8.20. The number of rotatable bonds is 3. The highest BCUT2D eigenvalue weighted by Gasteiger charge is 2.51. The summed E-state index contributed by atoms with van der Waals surface area (Å²) in [4.78, 5) is 12.7. The van der Waals surface area contributed by atoms with Crippen LogP contribution in [-0.2, 0) is 0 Å². The normalized spacial score (nSPS) is 24.1. The number of halogens is 1. The third-order valence-electron chi connectivity index (χ3n) is 7.06. The minimum Gasteiger partial charge on any atom is -0.497 e. The van der Waals surface area contributed by atoms with Gasteiger partial charge in [0.1, 0.15) is 11.3 Å². The number of ether oxygens (including phenoxy) is 1. The Morgan fingerprint density at radius 3 is 2.15 bits per heavy atom. The largest absolute Gasteiger partial charge is 0.497 e. The molecular formula is C27H36IN3OS. The molecule has 178 valence electrons. The summed E-state index contributed by atoms with van der Waals surface area (Å²) in [6, 6.07) is 16.8. The van der Waals surface area contributed by atoms with Crippen LogP contribution in [0.1, 0.15) is 52.0 Å². The van der Waals surface area contributed by atoms with Crippen molar-refractivity contribution in [2.24, 2.45) is 21.3 Å². The highest BCUT2D eigenvalue weighted by Crippen LogP contribution is 2.49. The number of amidine groups is 2. The predicted octanol–water partition coefficient (Wildman–Crippen LogP) is 7.87. The van der Waals surface area contributed by atoms with Gasteiger partial charge in [-0.1, -0.05) is 50.2 Å². The van der Waals surface area contributed by atoms with E-state index in [0.29, 0.717) is 11.3 Å². The highest BCUT2D eigenvalue weighted by molar-refractivity contribution is 14.0. The van der Waals surface area contributed by atoms with Gasteiger partial charge in [-0.3, -0.25) is 0 Å². The molecule has 0 aromatic heterocycles. The van der Waals surface area contributed by atoms with Gasteiger partial charge in [0, 0.05) is 5.69 Å². The zero-order valence-corrected chi connectivity index (χ0v) is 23.7. The third-order valence-corrected chi connectivity index (χ3v) is 7.70. The van der Waals surface area contributed by atoms with Crippen molar-refractivity contribution in [3.63, 3.8) is 0 Å². The highest BCUT2D eigenvalue weighted by atomic mass is 127. The second kappa shape index (κ2) is 10.4. The molecule has 0 bridgehead atoms. The van der Waals surface area contributed by atoms with E-state index in [9.17, 15) is 0 Å². The molecule has 0 amide bonds. The van der Waals surface area contributed by atoms with E-state index >= 15 is 0 Å². The van der Waals surface area contributed by atoms with Crippen molar-refractivity contribution in [2.75, 3.05) is 18.3 Å². The summed E-state index contributed by atoms with van der Waals surface area (Å²) < 4.78 is 5.41. The molecule has 33 heavy (non-hydrogen) atoms. The Morgan fingerprint density at radius 1 is 1.03 bits per heavy atom. The minimum atomic E-state index is -0.209. The molecule has 4 rings (SSSR count). The second-order valence-corrected chi connectivity index (χ2v) is 10.8. The molecule has 2 aromatic carbocycles. The molecule has 6 heteroatoms. The molecule has 2 aromatic rings. The van der Waals surface area contributed by atoms with Crippen LogP contribution in [0.25, 0.3) is 0 Å². The summed E-state index contributed by atoms with van der Waals surface area (Å²) in [6.45, 7) is 9.22. The Labute approximate surface area is 220 Å². The first-order chi connectivity index (χ1) is 15.3. The van der Waals surface area contributed by atoms with E-state index in [4.69, 9.17) is 14.7 Å². The van der Waals surface area contributed by atoms with Crippen molar-refractivity contribution in [2.45, 2.75) is 58.9 Å². The molecular weight excluding hydrogens is 541 g/mol. The van der Waals surface area contributed by atoms with Gasteiger partial charge in [0.15, 0.2) is 11.0 Å². The Morgan fingerprint density at radius 2 is 1.64 bits per heavy atom. The lowest BCUT2D eigenvalue weighted by molar-refractivity contribution is 0.158. The van der Waals surface area contributed by atoms with Crippen molar-refractivity contribution in [3.8, 4) is 5.75 Å². The van der Waals surface area contributed by atoms with Gasteiger partial charge in [0.25, 0.3) is 0 Å². The number of aliphatic imine (C=N–C) groups is 2. The lowest BCUT2D eigenvalue weighted by Gasteiger charge is -2.47. The smallest absolute Gasteiger partial charge is 0.170 e. The number of methoxy groups -OCH3 is 1. The number of thioether (sulfide) groups is 1. The quantitative estimate of drug-likeness (QED) is 0.349. The zero-order valence-electron chi connectivity index (χ0n) is 20.6. The van der Waals surface area contributed by atoms with Crippen molar-refractivity contribution in [1.82, 2.24) is 0 Å². The summed E-state index contributed by atoms with van der Waals surface area (Å²) in [6.07, 6.45) is 6.58. The second-order valence-electron chi connectivity index (χ2n) is 10.1. The summed E-state index contributed by atoms with van der Waals surface area (Å²) >= 11 is 1.70. The average Bonchev–Trinajstić information content (AvgIpc) is 3.07. The number of hydrogen-bond donors (Lipinski definition) is 0. The number of benzene rings is 2. The standard InChI is InChI=1S/C27H35N3OS.HI/c1-19-7-9-21(10-8-19)28-24-27(17-15-20(16-18-27)26(2,3)4)30(25(29-24)32-6)22-11-13-23(31-5)14-12-22;/h7-14,20H,15-18H2,1-6H3;1H. The van der Waals surface area contributed by atoms with Gasteiger partial charge in [-0.2, -0.15) is 0 Å². The van der Waals surface area contributed by atoms with Gasteiger partial charge < -0.3 is 9.64 Å². The van der Waals surface area contributed by atoms with Crippen molar-refractivity contribution in [1.29, 1.82) is 0 Å². The van der Waals surface area contributed by atoms with Crippen LogP contribution in [0.5, 0.6) is 5.75 Å². The summed E-state index contributed by atoms with van der Waals surface area (Å²) in [7, 11) is 1.71. The fraction of sp³-hybridized carbons (Fsp3) is 0.481. The van der Waals surface area contributed by atoms with Gasteiger partial charge in [-0.25, -0.2) is 9.98 Å². The molecule has 1 saturated carbocycles. The van der Waals surface area contributed by atoms with Crippen molar-refractivity contribution < 1.29 is 4.74 Å². The van der Waals surface area contributed by atoms with Gasteiger partial charge in [0.2, 0.25) is 0 Å². The van der Waals surface area contributed by atoms with E-state index in [-0.39, 0.29) is 29.5 Å². The first kappa shape index (κ1) is 26.1. The van der Waals surface area contributed by atoms with Crippen molar-refractivity contribution >= 4 is 58.1 Å². The lowest BCUT2D eigenvalue weighted by Crippen LogP contribution is -2.54. The molecule has 4 nitrogen and oxygen atoms in total. The Bertz CT molecular complexity index is 1000. The lowest BCUT2D eigenvalue weighted by atomic mass is 9.66. The summed E-state index contributed by atoms with van der Waals surface area (Å²) in [5.41, 5.74) is 3.49. The predicted molar refractivity (Wildman–Crippen MR) is 154 cm³/mol. The maximum absolute atomic E-state index is 5.41. The third kappa shape index (κ3) is 5.26. The molecule has 1 aliphatic carbocycles. The molecule has 0 radical (unpaired) electrons. The van der Waals surface area contributed by atoms with Crippen LogP contribution in [0, 0.1) is 18.3 Å². The number of aryl methyl sites for hydroxylation is 1. The summed E-state index contributed by atoms with van der Waals surface area (Å²) in [5.74, 6) is 2.54. The average molecular weight is 578 g/mol. The molecule has 0 unspecified atom stereocenters. The van der Waals surface area contributed by atoms with E-state index in [1.54, 1.807) is 18.9 Å². The number of hydrogen-bond acceptors (Lipinski definition) is 4. The molecule has 1 heterocycles. The fourth-order valence-electron chi connectivity index (χ4n) is 5.03. The SMILES string of the molecule is COc1ccc(N2C(SC)=NC(=Nc3ccc(C)cc3)C23CCC(C(C)(C)C)CC3)cc1.I. The van der Waals surface area contributed by atoms with Gasteiger partial charge in [-0.05, 0) is 86.6 Å². The molecule has 1 aliphatic heterocycles. The van der Waals surface area contributed by atoms with E-state index < -0.39 is 0 Å². The zero-order chi connectivity index (χ0) is 22.9. The van der Waals surface area contributed by atoms with Gasteiger partial charge >= 0.3 is 0 Å². The molecule has 1 fully saturated rings. The van der Waals surface area contributed by atoms with E-state index in [0.717, 1.165) is 41.0 Å². The van der Waals surface area contributed by atoms with Crippen LogP contribution < -0.4 is 9.64 Å². The van der Waals surface area contributed by atoms with Crippen LogP contribution in [0.2, 0.25) is 0 Å². The van der Waals surface area contributed by atoms with Crippen LogP contribution in [0.3, 0.4) is 0 Å². The minimum absolute atomic E-state index is 0. The molecule has 0 N–H and O–H groups in total. The Hall–Kier alpha value is -1.54. The number of anilines is 1. The maximum atomic E-state index is 5.41. The van der Waals surface area contributed by atoms with Crippen LogP contribution in [0.15, 0.2) is 58.5 Å². The Balaban J connectivity index is 0.00000306. The first-order valence-electron chi connectivity index (χ1n) is 11.5. The monoisotopic (exact) mass is 577 g/mol. The van der Waals surface area contributed by atoms with Gasteiger partial charge in [0.05, 0.1) is 12.8 Å². The van der Waals surface area contributed by atoms with Crippen LogP contribution >= 0.6 is 35.7 Å². The first-order valence-corrected chi connectivity index (χ1v) is 12.7. The maximum Gasteiger partial charge on any atom is 0.170 e. The topological polar surface area (TPSA) is 37.2 Å². The van der Waals surface area contributed by atoms with Crippen LogP contribution in [-0.4, -0.2) is 29.9 Å². The van der Waals surface area contributed by atoms with E-state index in [1.165, 1.54) is 18.4 Å². The van der Waals surface area contributed by atoms with Gasteiger partial charge in [-0.15, -0.1) is 24.0 Å².